The van der Waals surface area contributed by atoms with Crippen molar-refractivity contribution in [3.63, 3.8) is 0 Å². The molecule has 0 bridgehead atoms. The third-order valence-electron chi connectivity index (χ3n) is 4.35. The number of anilines is 1. The van der Waals surface area contributed by atoms with E-state index in [1.807, 2.05) is 49.4 Å². The molecule has 4 rings (SSSR count). The molecule has 1 aromatic heterocycles. The molecule has 0 unspecified atom stereocenters. The normalized spacial score (nSPS) is 11.9. The van der Waals surface area contributed by atoms with Gasteiger partial charge in [-0.25, -0.2) is 9.97 Å². The van der Waals surface area contributed by atoms with Gasteiger partial charge in [0.15, 0.2) is 11.5 Å². The predicted octanol–water partition coefficient (Wildman–Crippen LogP) is 3.06. The number of aryl methyl sites for hydroxylation is 1. The second-order valence-corrected chi connectivity index (χ2v) is 6.50. The van der Waals surface area contributed by atoms with E-state index < -0.39 is 0 Å². The number of carbonyl (C=O) groups excluding carboxylic acids is 1. The number of ether oxygens (including phenoxy) is 2. The van der Waals surface area contributed by atoms with Gasteiger partial charge < -0.3 is 20.1 Å². The van der Waals surface area contributed by atoms with Gasteiger partial charge in [-0.3, -0.25) is 4.79 Å². The van der Waals surface area contributed by atoms with Crippen LogP contribution in [-0.2, 0) is 13.1 Å². The van der Waals surface area contributed by atoms with Gasteiger partial charge >= 0.3 is 0 Å². The fourth-order valence-electron chi connectivity index (χ4n) is 2.92. The van der Waals surface area contributed by atoms with Gasteiger partial charge in [-0.1, -0.05) is 35.9 Å². The highest BCUT2D eigenvalue weighted by Gasteiger charge is 2.13. The van der Waals surface area contributed by atoms with Gasteiger partial charge in [0.2, 0.25) is 6.79 Å². The van der Waals surface area contributed by atoms with Crippen LogP contribution in [0.15, 0.2) is 54.9 Å². The molecule has 142 valence electrons. The predicted molar refractivity (Wildman–Crippen MR) is 104 cm³/mol. The first-order chi connectivity index (χ1) is 13.7. The average Bonchev–Trinajstić information content (AvgIpc) is 3.19. The summed E-state index contributed by atoms with van der Waals surface area (Å²) in [4.78, 5) is 20.7. The largest absolute Gasteiger partial charge is 0.454 e. The number of hydrogen-bond acceptors (Lipinski definition) is 6. The van der Waals surface area contributed by atoms with Gasteiger partial charge in [-0.05, 0) is 30.2 Å². The lowest BCUT2D eigenvalue weighted by atomic mass is 10.1. The van der Waals surface area contributed by atoms with Crippen LogP contribution in [0.5, 0.6) is 11.5 Å². The van der Waals surface area contributed by atoms with E-state index in [9.17, 15) is 4.79 Å². The molecule has 7 heteroatoms. The third kappa shape index (κ3) is 4.20. The fourth-order valence-corrected chi connectivity index (χ4v) is 2.92. The van der Waals surface area contributed by atoms with E-state index in [2.05, 4.69) is 20.6 Å². The second kappa shape index (κ2) is 7.96. The first kappa shape index (κ1) is 17.8. The molecule has 0 atom stereocenters. The Morgan fingerprint density at radius 2 is 1.86 bits per heavy atom. The van der Waals surface area contributed by atoms with Crippen molar-refractivity contribution in [2.75, 3.05) is 12.1 Å². The van der Waals surface area contributed by atoms with E-state index in [0.717, 1.165) is 28.2 Å². The first-order valence-corrected chi connectivity index (χ1v) is 8.95. The van der Waals surface area contributed by atoms with Crippen LogP contribution in [0.4, 0.5) is 5.82 Å². The number of aromatic nitrogens is 2. The molecule has 28 heavy (non-hydrogen) atoms. The van der Waals surface area contributed by atoms with Crippen LogP contribution >= 0.6 is 0 Å². The summed E-state index contributed by atoms with van der Waals surface area (Å²) < 4.78 is 10.7. The molecule has 2 aromatic carbocycles. The average molecular weight is 376 g/mol. The minimum atomic E-state index is -0.241. The van der Waals surface area contributed by atoms with Crippen LogP contribution < -0.4 is 20.1 Å². The minimum absolute atomic E-state index is 0.241. The Balaban J connectivity index is 1.36. The smallest absolute Gasteiger partial charge is 0.270 e. The second-order valence-electron chi connectivity index (χ2n) is 6.50. The molecular weight excluding hydrogens is 356 g/mol. The van der Waals surface area contributed by atoms with Crippen molar-refractivity contribution in [2.45, 2.75) is 20.0 Å². The zero-order valence-corrected chi connectivity index (χ0v) is 15.4. The molecule has 0 saturated carbocycles. The SMILES string of the molecule is Cc1cccc(CNC(=O)c2cc(NCc3ccc4c(c3)OCO4)ncn2)c1. The van der Waals surface area contributed by atoms with Gasteiger partial charge in [0.25, 0.3) is 5.91 Å². The highest BCUT2D eigenvalue weighted by Crippen LogP contribution is 2.32. The monoisotopic (exact) mass is 376 g/mol. The van der Waals surface area contributed by atoms with Crippen molar-refractivity contribution in [1.29, 1.82) is 0 Å². The number of fused-ring (bicyclic) bond motifs is 1. The van der Waals surface area contributed by atoms with E-state index in [0.29, 0.717) is 24.6 Å². The maximum Gasteiger partial charge on any atom is 0.270 e. The Kier molecular flexibility index (Phi) is 5.05. The number of benzene rings is 2. The van der Waals surface area contributed by atoms with Gasteiger partial charge in [0, 0.05) is 19.2 Å². The standard InChI is InChI=1S/C21H20N4O3/c1-14-3-2-4-15(7-14)11-23-21(26)17-9-20(25-12-24-17)22-10-16-5-6-18-19(8-16)28-13-27-18/h2-9,12H,10-11,13H2,1H3,(H,23,26)(H,22,24,25). The number of amides is 1. The number of nitrogens with one attached hydrogen (secondary N) is 2. The summed E-state index contributed by atoms with van der Waals surface area (Å²) in [6.07, 6.45) is 1.38. The first-order valence-electron chi connectivity index (χ1n) is 8.95. The van der Waals surface area contributed by atoms with E-state index in [-0.39, 0.29) is 12.7 Å². The summed E-state index contributed by atoms with van der Waals surface area (Å²) in [5.74, 6) is 1.82. The molecule has 3 aromatic rings. The molecule has 0 fully saturated rings. The zero-order valence-electron chi connectivity index (χ0n) is 15.4. The fraction of sp³-hybridized carbons (Fsp3) is 0.190. The minimum Gasteiger partial charge on any atom is -0.454 e. The van der Waals surface area contributed by atoms with Crippen molar-refractivity contribution in [3.05, 3.63) is 77.2 Å². The Hall–Kier alpha value is -3.61. The summed E-state index contributed by atoms with van der Waals surface area (Å²) >= 11 is 0. The van der Waals surface area contributed by atoms with E-state index >= 15 is 0 Å². The van der Waals surface area contributed by atoms with Crippen LogP contribution in [0.25, 0.3) is 0 Å². The third-order valence-corrected chi connectivity index (χ3v) is 4.35. The molecule has 2 heterocycles. The van der Waals surface area contributed by atoms with Crippen molar-refractivity contribution in [2.24, 2.45) is 0 Å². The molecule has 7 nitrogen and oxygen atoms in total. The van der Waals surface area contributed by atoms with Crippen molar-refractivity contribution in [3.8, 4) is 11.5 Å². The van der Waals surface area contributed by atoms with Crippen LogP contribution in [0.2, 0.25) is 0 Å². The molecule has 0 radical (unpaired) electrons. The Bertz CT molecular complexity index is 1010. The van der Waals surface area contributed by atoms with Crippen molar-refractivity contribution in [1.82, 2.24) is 15.3 Å². The number of nitrogens with zero attached hydrogens (tertiary/aromatic N) is 2. The highest BCUT2D eigenvalue weighted by molar-refractivity contribution is 5.92. The summed E-state index contributed by atoms with van der Waals surface area (Å²) in [5.41, 5.74) is 3.54. The maximum absolute atomic E-state index is 12.4. The van der Waals surface area contributed by atoms with Gasteiger partial charge in [0.05, 0.1) is 0 Å². The Labute approximate surface area is 162 Å². The lowest BCUT2D eigenvalue weighted by Gasteiger charge is -2.09. The van der Waals surface area contributed by atoms with Gasteiger partial charge in [-0.2, -0.15) is 0 Å². The molecule has 0 saturated heterocycles. The summed E-state index contributed by atoms with van der Waals surface area (Å²) in [7, 11) is 0. The van der Waals surface area contributed by atoms with Crippen LogP contribution in [0.1, 0.15) is 27.2 Å². The summed E-state index contributed by atoms with van der Waals surface area (Å²) in [5, 5.41) is 6.09. The van der Waals surface area contributed by atoms with Crippen LogP contribution in [0, 0.1) is 6.92 Å². The molecule has 0 spiro atoms. The maximum atomic E-state index is 12.4. The summed E-state index contributed by atoms with van der Waals surface area (Å²) in [6.45, 7) is 3.26. The Morgan fingerprint density at radius 1 is 1.00 bits per heavy atom. The highest BCUT2D eigenvalue weighted by atomic mass is 16.7. The van der Waals surface area contributed by atoms with Crippen LogP contribution in [-0.4, -0.2) is 22.7 Å². The molecule has 1 aliphatic rings. The molecule has 1 aliphatic heterocycles. The number of rotatable bonds is 6. The molecular formula is C21H20N4O3. The van der Waals surface area contributed by atoms with E-state index in [1.165, 1.54) is 6.33 Å². The summed E-state index contributed by atoms with van der Waals surface area (Å²) in [6, 6.07) is 15.4. The quantitative estimate of drug-likeness (QED) is 0.688. The van der Waals surface area contributed by atoms with Crippen molar-refractivity contribution >= 4 is 11.7 Å². The van der Waals surface area contributed by atoms with E-state index in [1.54, 1.807) is 6.07 Å². The van der Waals surface area contributed by atoms with Crippen molar-refractivity contribution < 1.29 is 14.3 Å². The zero-order chi connectivity index (χ0) is 19.3. The lowest BCUT2D eigenvalue weighted by molar-refractivity contribution is 0.0945. The van der Waals surface area contributed by atoms with Crippen LogP contribution in [0.3, 0.4) is 0 Å². The Morgan fingerprint density at radius 3 is 2.75 bits per heavy atom. The number of carbonyl (C=O) groups is 1. The topological polar surface area (TPSA) is 85.4 Å². The number of hydrogen-bond donors (Lipinski definition) is 2. The molecule has 1 amide bonds. The van der Waals surface area contributed by atoms with Gasteiger partial charge in [0.1, 0.15) is 17.8 Å². The van der Waals surface area contributed by atoms with Gasteiger partial charge in [-0.15, -0.1) is 0 Å². The molecule has 2 N–H and O–H groups in total. The molecule has 0 aliphatic carbocycles. The van der Waals surface area contributed by atoms with E-state index in [4.69, 9.17) is 9.47 Å². The lowest BCUT2D eigenvalue weighted by Crippen LogP contribution is -2.24.